The largest absolute Gasteiger partial charge is 0.477 e. The maximum Gasteiger partial charge on any atom is 0.345 e. The van der Waals surface area contributed by atoms with E-state index >= 15 is 0 Å². The number of nitrogens with one attached hydrogen (secondary N) is 1. The van der Waals surface area contributed by atoms with Gasteiger partial charge in [0.25, 0.3) is 0 Å². The van der Waals surface area contributed by atoms with Crippen molar-refractivity contribution in [3.05, 3.63) is 41.0 Å². The molecular formula is C12H11N3O3S. The summed E-state index contributed by atoms with van der Waals surface area (Å²) >= 11 is 1.01. The van der Waals surface area contributed by atoms with E-state index in [0.717, 1.165) is 16.9 Å². The first-order chi connectivity index (χ1) is 9.04. The number of anilines is 1. The Hall–Kier alpha value is -2.41. The molecule has 0 aliphatic rings. The van der Waals surface area contributed by atoms with Crippen LogP contribution >= 0.6 is 11.3 Å². The summed E-state index contributed by atoms with van der Waals surface area (Å²) in [6.45, 7) is 0. The van der Waals surface area contributed by atoms with E-state index in [-0.39, 0.29) is 10.8 Å². The number of aromatic nitrogens is 2. The zero-order chi connectivity index (χ0) is 13.8. The van der Waals surface area contributed by atoms with E-state index in [1.54, 1.807) is 36.3 Å². The zero-order valence-electron chi connectivity index (χ0n) is 10.0. The van der Waals surface area contributed by atoms with Crippen molar-refractivity contribution in [2.24, 2.45) is 7.05 Å². The minimum absolute atomic E-state index is 0.187. The van der Waals surface area contributed by atoms with Crippen molar-refractivity contribution in [1.29, 1.82) is 0 Å². The molecule has 0 atom stereocenters. The molecule has 2 aromatic rings. The molecule has 0 aliphatic carbocycles. The number of aromatic carboxylic acids is 1. The lowest BCUT2D eigenvalue weighted by atomic mass is 10.3. The van der Waals surface area contributed by atoms with Crippen molar-refractivity contribution in [3.63, 3.8) is 0 Å². The van der Waals surface area contributed by atoms with E-state index in [1.807, 2.05) is 0 Å². The summed E-state index contributed by atoms with van der Waals surface area (Å²) < 4.78 is 1.63. The molecule has 0 spiro atoms. The summed E-state index contributed by atoms with van der Waals surface area (Å²) in [7, 11) is 1.79. The van der Waals surface area contributed by atoms with Gasteiger partial charge in [-0.15, -0.1) is 11.3 Å². The van der Waals surface area contributed by atoms with Gasteiger partial charge in [0.1, 0.15) is 4.88 Å². The van der Waals surface area contributed by atoms with Crippen molar-refractivity contribution >= 4 is 34.3 Å². The highest BCUT2D eigenvalue weighted by molar-refractivity contribution is 7.18. The van der Waals surface area contributed by atoms with Crippen LogP contribution in [0.5, 0.6) is 0 Å². The number of nitrogens with zero attached hydrogens (tertiary/aromatic N) is 2. The van der Waals surface area contributed by atoms with Crippen LogP contribution in [0, 0.1) is 0 Å². The third-order valence-corrected chi connectivity index (χ3v) is 3.20. The Labute approximate surface area is 113 Å². The minimum atomic E-state index is -1.00. The monoisotopic (exact) mass is 277 g/mol. The van der Waals surface area contributed by atoms with Crippen LogP contribution in [-0.2, 0) is 11.8 Å². The number of hydrogen-bond donors (Lipinski definition) is 2. The lowest BCUT2D eigenvalue weighted by Gasteiger charge is -1.95. The summed E-state index contributed by atoms with van der Waals surface area (Å²) in [6.07, 6.45) is 6.42. The molecule has 0 unspecified atom stereocenters. The number of carboxylic acids is 1. The van der Waals surface area contributed by atoms with E-state index in [9.17, 15) is 9.59 Å². The van der Waals surface area contributed by atoms with Crippen LogP contribution in [0.25, 0.3) is 6.08 Å². The van der Waals surface area contributed by atoms with E-state index in [0.29, 0.717) is 5.00 Å². The average Bonchev–Trinajstić information content (AvgIpc) is 2.96. The molecule has 0 saturated heterocycles. The highest BCUT2D eigenvalue weighted by atomic mass is 32.1. The summed E-state index contributed by atoms with van der Waals surface area (Å²) in [4.78, 5) is 22.5. The van der Waals surface area contributed by atoms with Crippen molar-refractivity contribution in [1.82, 2.24) is 9.78 Å². The highest BCUT2D eigenvalue weighted by Crippen LogP contribution is 2.21. The lowest BCUT2D eigenvalue weighted by Crippen LogP contribution is -2.05. The number of amides is 1. The second-order valence-corrected chi connectivity index (χ2v) is 4.82. The van der Waals surface area contributed by atoms with Gasteiger partial charge in [-0.25, -0.2) is 4.79 Å². The summed E-state index contributed by atoms with van der Waals surface area (Å²) in [5.74, 6) is -1.32. The summed E-state index contributed by atoms with van der Waals surface area (Å²) in [6, 6.07) is 3.01. The molecule has 0 aromatic carbocycles. The number of hydrogen-bond acceptors (Lipinski definition) is 4. The SMILES string of the molecule is Cn1cc(/C=C/C(=O)Nc2ccc(C(=O)O)s2)cn1. The van der Waals surface area contributed by atoms with Gasteiger partial charge in [0, 0.05) is 24.9 Å². The van der Waals surface area contributed by atoms with Crippen molar-refractivity contribution < 1.29 is 14.7 Å². The van der Waals surface area contributed by atoms with Crippen LogP contribution in [0.2, 0.25) is 0 Å². The van der Waals surface area contributed by atoms with Gasteiger partial charge in [0.2, 0.25) is 5.91 Å². The fourth-order valence-electron chi connectivity index (χ4n) is 1.38. The van der Waals surface area contributed by atoms with Gasteiger partial charge in [0.15, 0.2) is 0 Å². The molecule has 2 heterocycles. The first-order valence-corrected chi connectivity index (χ1v) is 6.17. The first kappa shape index (κ1) is 13.0. The Morgan fingerprint density at radius 1 is 1.47 bits per heavy atom. The Balaban J connectivity index is 1.97. The van der Waals surface area contributed by atoms with Crippen molar-refractivity contribution in [2.45, 2.75) is 0 Å². The van der Waals surface area contributed by atoms with Gasteiger partial charge in [-0.2, -0.15) is 5.10 Å². The number of carboxylic acid groups (broad SMARTS) is 1. The van der Waals surface area contributed by atoms with Crippen LogP contribution < -0.4 is 5.32 Å². The van der Waals surface area contributed by atoms with Gasteiger partial charge >= 0.3 is 5.97 Å². The van der Waals surface area contributed by atoms with Crippen molar-refractivity contribution in [2.75, 3.05) is 5.32 Å². The van der Waals surface area contributed by atoms with Gasteiger partial charge in [-0.05, 0) is 18.2 Å². The van der Waals surface area contributed by atoms with Gasteiger partial charge in [-0.3, -0.25) is 9.48 Å². The number of aryl methyl sites for hydroxylation is 1. The molecule has 2 rings (SSSR count). The van der Waals surface area contributed by atoms with Gasteiger partial charge < -0.3 is 10.4 Å². The quantitative estimate of drug-likeness (QED) is 0.835. The summed E-state index contributed by atoms with van der Waals surface area (Å²) in [5.41, 5.74) is 0.815. The van der Waals surface area contributed by atoms with Gasteiger partial charge in [-0.1, -0.05) is 0 Å². The van der Waals surface area contributed by atoms with Crippen LogP contribution in [0.4, 0.5) is 5.00 Å². The minimum Gasteiger partial charge on any atom is -0.477 e. The number of thiophene rings is 1. The molecule has 2 N–H and O–H groups in total. The summed E-state index contributed by atoms with van der Waals surface area (Å²) in [5, 5.41) is 15.8. The van der Waals surface area contributed by atoms with Gasteiger partial charge in [0.05, 0.1) is 11.2 Å². The second-order valence-electron chi connectivity index (χ2n) is 3.74. The topological polar surface area (TPSA) is 84.2 Å². The van der Waals surface area contributed by atoms with Crippen LogP contribution in [0.3, 0.4) is 0 Å². The number of carbonyl (C=O) groups excluding carboxylic acids is 1. The first-order valence-electron chi connectivity index (χ1n) is 5.35. The Morgan fingerprint density at radius 2 is 2.26 bits per heavy atom. The standard InChI is InChI=1S/C12H11N3O3S/c1-15-7-8(6-13-15)2-4-10(16)14-11-5-3-9(19-11)12(17)18/h2-7H,1H3,(H,14,16)(H,17,18)/b4-2+. The second kappa shape index (κ2) is 5.49. The molecular weight excluding hydrogens is 266 g/mol. The molecule has 1 amide bonds. The molecule has 98 valence electrons. The van der Waals surface area contributed by atoms with E-state index in [4.69, 9.17) is 5.11 Å². The Kier molecular flexibility index (Phi) is 3.76. The zero-order valence-corrected chi connectivity index (χ0v) is 10.8. The lowest BCUT2D eigenvalue weighted by molar-refractivity contribution is -0.111. The highest BCUT2D eigenvalue weighted by Gasteiger charge is 2.07. The molecule has 19 heavy (non-hydrogen) atoms. The molecule has 0 radical (unpaired) electrons. The Morgan fingerprint density at radius 3 is 2.84 bits per heavy atom. The van der Waals surface area contributed by atoms with Crippen LogP contribution in [-0.4, -0.2) is 26.8 Å². The fraction of sp³-hybridized carbons (Fsp3) is 0.0833. The number of rotatable bonds is 4. The molecule has 7 heteroatoms. The average molecular weight is 277 g/mol. The number of carbonyl (C=O) groups is 2. The third kappa shape index (κ3) is 3.52. The molecule has 0 bridgehead atoms. The molecule has 6 nitrogen and oxygen atoms in total. The van der Waals surface area contributed by atoms with Crippen LogP contribution in [0.1, 0.15) is 15.2 Å². The smallest absolute Gasteiger partial charge is 0.345 e. The maximum atomic E-state index is 11.6. The predicted molar refractivity (Wildman–Crippen MR) is 72.2 cm³/mol. The third-order valence-electron chi connectivity index (χ3n) is 2.22. The molecule has 2 aromatic heterocycles. The molecule has 0 fully saturated rings. The maximum absolute atomic E-state index is 11.6. The van der Waals surface area contributed by atoms with Crippen molar-refractivity contribution in [3.8, 4) is 0 Å². The normalized spacial score (nSPS) is 10.8. The predicted octanol–water partition coefficient (Wildman–Crippen LogP) is 1.83. The molecule has 0 saturated carbocycles. The van der Waals surface area contributed by atoms with E-state index in [2.05, 4.69) is 10.4 Å². The van der Waals surface area contributed by atoms with E-state index in [1.165, 1.54) is 12.1 Å². The molecule has 0 aliphatic heterocycles. The Bertz CT molecular complexity index is 642. The van der Waals surface area contributed by atoms with Crippen LogP contribution in [0.15, 0.2) is 30.6 Å². The fourth-order valence-corrected chi connectivity index (χ4v) is 2.13. The van der Waals surface area contributed by atoms with E-state index < -0.39 is 5.97 Å².